The zero-order valence-electron chi connectivity index (χ0n) is 5.81. The minimum atomic E-state index is 0.374. The maximum Gasteiger partial charge on any atom is 0.100 e. The Balaban J connectivity index is 3.44. The number of benzene rings is 1. The van der Waals surface area contributed by atoms with E-state index in [1.807, 2.05) is 12.1 Å². The van der Waals surface area contributed by atoms with E-state index >= 15 is 0 Å². The Morgan fingerprint density at radius 2 is 1.92 bits per heavy atom. The van der Waals surface area contributed by atoms with Crippen LogP contribution in [0.1, 0.15) is 11.1 Å². The van der Waals surface area contributed by atoms with Gasteiger partial charge in [0.05, 0.1) is 26.7 Å². The van der Waals surface area contributed by atoms with Crippen LogP contribution in [0.5, 0.6) is 0 Å². The average molecular weight is 241 g/mol. The Labute approximate surface area is 83.1 Å². The van der Waals surface area contributed by atoms with Crippen LogP contribution in [0.2, 0.25) is 5.02 Å². The molecule has 0 aromatic heterocycles. The summed E-state index contributed by atoms with van der Waals surface area (Å²) in [6.07, 6.45) is 0. The van der Waals surface area contributed by atoms with Gasteiger partial charge < -0.3 is 0 Å². The van der Waals surface area contributed by atoms with Gasteiger partial charge >= 0.3 is 0 Å². The predicted octanol–water partition coefficient (Wildman–Crippen LogP) is 2.85. The van der Waals surface area contributed by atoms with Gasteiger partial charge in [0.2, 0.25) is 0 Å². The third-order valence-corrected chi connectivity index (χ3v) is 2.66. The fourth-order valence-electron chi connectivity index (χ4n) is 0.735. The fraction of sp³-hybridized carbons (Fsp3) is 0. The van der Waals surface area contributed by atoms with Gasteiger partial charge in [0, 0.05) is 0 Å². The van der Waals surface area contributed by atoms with Crippen LogP contribution in [-0.4, -0.2) is 0 Å². The largest absolute Gasteiger partial charge is 0.192 e. The molecule has 0 unspecified atom stereocenters. The van der Waals surface area contributed by atoms with Crippen LogP contribution in [0.3, 0.4) is 0 Å². The summed E-state index contributed by atoms with van der Waals surface area (Å²) in [5, 5.41) is 17.5. The van der Waals surface area contributed by atoms with Crippen LogP contribution in [0.25, 0.3) is 0 Å². The van der Waals surface area contributed by atoms with E-state index < -0.39 is 0 Å². The summed E-state index contributed by atoms with van der Waals surface area (Å²) in [6, 6.07) is 6.83. The van der Waals surface area contributed by atoms with Gasteiger partial charge in [-0.05, 0) is 28.1 Å². The molecule has 0 bridgehead atoms. The van der Waals surface area contributed by atoms with E-state index in [0.717, 1.165) is 0 Å². The van der Waals surface area contributed by atoms with Crippen molar-refractivity contribution < 1.29 is 0 Å². The molecule has 0 spiro atoms. The first-order valence-corrected chi connectivity index (χ1v) is 4.15. The van der Waals surface area contributed by atoms with Gasteiger partial charge in [-0.3, -0.25) is 0 Å². The molecule has 0 radical (unpaired) electrons. The highest BCUT2D eigenvalue weighted by Gasteiger charge is 2.05. The number of rotatable bonds is 0. The van der Waals surface area contributed by atoms with E-state index in [4.69, 9.17) is 22.1 Å². The molecule has 1 rings (SSSR count). The van der Waals surface area contributed by atoms with Gasteiger partial charge in [-0.15, -0.1) is 0 Å². The van der Waals surface area contributed by atoms with Crippen molar-refractivity contribution in [2.24, 2.45) is 0 Å². The first-order valence-electron chi connectivity index (χ1n) is 2.98. The molecule has 12 heavy (non-hydrogen) atoms. The third-order valence-electron chi connectivity index (χ3n) is 1.28. The molecule has 1 aromatic carbocycles. The SMILES string of the molecule is N#Cc1cc(Cl)c(Br)c(C#N)c1. The Morgan fingerprint density at radius 1 is 1.25 bits per heavy atom. The van der Waals surface area contributed by atoms with Crippen molar-refractivity contribution in [2.45, 2.75) is 0 Å². The molecule has 0 atom stereocenters. The Kier molecular flexibility index (Phi) is 2.70. The monoisotopic (exact) mass is 240 g/mol. The summed E-state index contributed by atoms with van der Waals surface area (Å²) < 4.78 is 0.533. The molecule has 0 saturated heterocycles. The predicted molar refractivity (Wildman–Crippen MR) is 48.6 cm³/mol. The first-order chi connectivity index (χ1) is 5.69. The zero-order chi connectivity index (χ0) is 9.14. The van der Waals surface area contributed by atoms with Crippen molar-refractivity contribution in [3.8, 4) is 12.1 Å². The number of nitrogens with zero attached hydrogens (tertiary/aromatic N) is 2. The molecule has 1 aromatic rings. The molecule has 0 saturated carbocycles. The third kappa shape index (κ3) is 1.58. The minimum Gasteiger partial charge on any atom is -0.192 e. The van der Waals surface area contributed by atoms with E-state index in [1.165, 1.54) is 12.1 Å². The Morgan fingerprint density at radius 3 is 2.42 bits per heavy atom. The van der Waals surface area contributed by atoms with Gasteiger partial charge in [-0.1, -0.05) is 11.6 Å². The molecular weight excluding hydrogens is 239 g/mol. The highest BCUT2D eigenvalue weighted by atomic mass is 79.9. The van der Waals surface area contributed by atoms with Crippen LogP contribution in [0.4, 0.5) is 0 Å². The normalized spacial score (nSPS) is 8.67. The lowest BCUT2D eigenvalue weighted by Crippen LogP contribution is -1.82. The number of halogens is 2. The number of nitriles is 2. The highest BCUT2D eigenvalue weighted by Crippen LogP contribution is 2.27. The van der Waals surface area contributed by atoms with Crippen molar-refractivity contribution >= 4 is 27.5 Å². The standard InChI is InChI=1S/C8H2BrClN2/c9-8-6(4-12)1-5(3-11)2-7(8)10/h1-2H. The van der Waals surface area contributed by atoms with Crippen molar-refractivity contribution in [3.05, 3.63) is 32.8 Å². The van der Waals surface area contributed by atoms with E-state index in [-0.39, 0.29) is 0 Å². The molecule has 0 aliphatic carbocycles. The Hall–Kier alpha value is -1.03. The smallest absolute Gasteiger partial charge is 0.100 e. The van der Waals surface area contributed by atoms with Crippen LogP contribution < -0.4 is 0 Å². The van der Waals surface area contributed by atoms with Gasteiger partial charge in [-0.2, -0.15) is 10.5 Å². The highest BCUT2D eigenvalue weighted by molar-refractivity contribution is 9.10. The average Bonchev–Trinajstić information content (AvgIpc) is 2.09. The summed E-state index contributed by atoms with van der Waals surface area (Å²) in [6.45, 7) is 0. The summed E-state index contributed by atoms with van der Waals surface area (Å²) in [5.41, 5.74) is 0.763. The van der Waals surface area contributed by atoms with Crippen LogP contribution in [0.15, 0.2) is 16.6 Å². The van der Waals surface area contributed by atoms with Crippen molar-refractivity contribution in [1.29, 1.82) is 10.5 Å². The summed E-state index contributed by atoms with van der Waals surface area (Å²) in [5.74, 6) is 0. The molecule has 4 heteroatoms. The molecule has 0 fully saturated rings. The molecule has 0 aliphatic rings. The van der Waals surface area contributed by atoms with E-state index in [2.05, 4.69) is 15.9 Å². The van der Waals surface area contributed by atoms with Gasteiger partial charge in [0.1, 0.15) is 6.07 Å². The quantitative estimate of drug-likeness (QED) is 0.701. The molecule has 0 amide bonds. The Bertz CT molecular complexity index is 401. The lowest BCUT2D eigenvalue weighted by atomic mass is 10.1. The second kappa shape index (κ2) is 3.58. The zero-order valence-corrected chi connectivity index (χ0v) is 8.15. The number of hydrogen-bond donors (Lipinski definition) is 0. The molecule has 0 aliphatic heterocycles. The first kappa shape index (κ1) is 9.06. The second-order valence-corrected chi connectivity index (χ2v) is 3.24. The van der Waals surface area contributed by atoms with E-state index in [9.17, 15) is 0 Å². The molecule has 2 nitrogen and oxygen atoms in total. The maximum absolute atomic E-state index is 8.61. The van der Waals surface area contributed by atoms with E-state index in [0.29, 0.717) is 20.6 Å². The lowest BCUT2D eigenvalue weighted by Gasteiger charge is -1.97. The van der Waals surface area contributed by atoms with Crippen molar-refractivity contribution in [3.63, 3.8) is 0 Å². The van der Waals surface area contributed by atoms with Gasteiger partial charge in [-0.25, -0.2) is 0 Å². The molecular formula is C8H2BrClN2. The van der Waals surface area contributed by atoms with Crippen LogP contribution >= 0.6 is 27.5 Å². The maximum atomic E-state index is 8.61. The van der Waals surface area contributed by atoms with Crippen molar-refractivity contribution in [2.75, 3.05) is 0 Å². The number of hydrogen-bond acceptors (Lipinski definition) is 2. The van der Waals surface area contributed by atoms with Gasteiger partial charge in [0.25, 0.3) is 0 Å². The molecule has 58 valence electrons. The molecule has 0 heterocycles. The fourth-order valence-corrected chi connectivity index (χ4v) is 1.27. The second-order valence-electron chi connectivity index (χ2n) is 2.04. The lowest BCUT2D eigenvalue weighted by molar-refractivity contribution is 1.43. The van der Waals surface area contributed by atoms with Crippen LogP contribution in [0, 0.1) is 22.7 Å². The summed E-state index contributed by atoms with van der Waals surface area (Å²) in [4.78, 5) is 0. The van der Waals surface area contributed by atoms with Crippen LogP contribution in [-0.2, 0) is 0 Å². The summed E-state index contributed by atoms with van der Waals surface area (Å²) >= 11 is 8.87. The molecule has 0 N–H and O–H groups in total. The topological polar surface area (TPSA) is 47.6 Å². The van der Waals surface area contributed by atoms with E-state index in [1.54, 1.807) is 0 Å². The summed E-state index contributed by atoms with van der Waals surface area (Å²) in [7, 11) is 0. The van der Waals surface area contributed by atoms with Gasteiger partial charge in [0.15, 0.2) is 0 Å². The minimum absolute atomic E-state index is 0.374. The van der Waals surface area contributed by atoms with Crippen molar-refractivity contribution in [1.82, 2.24) is 0 Å².